The fourth-order valence-electron chi connectivity index (χ4n) is 5.35. The Labute approximate surface area is 236 Å². The van der Waals surface area contributed by atoms with E-state index in [0.717, 1.165) is 25.0 Å². The van der Waals surface area contributed by atoms with Crippen LogP contribution in [0.4, 0.5) is 0 Å². The molecule has 4 aromatic carbocycles. The molecule has 1 atom stereocenters. The van der Waals surface area contributed by atoms with Gasteiger partial charge in [0.05, 0.1) is 12.6 Å². The third-order valence-electron chi connectivity index (χ3n) is 7.61. The molecule has 0 saturated carbocycles. The van der Waals surface area contributed by atoms with Crippen LogP contribution >= 0.6 is 0 Å². The van der Waals surface area contributed by atoms with Gasteiger partial charge in [-0.25, -0.2) is 0 Å². The maximum absolute atomic E-state index is 13.6. The van der Waals surface area contributed by atoms with Crippen LogP contribution in [0, 0.1) is 0 Å². The average molecular weight is 536 g/mol. The minimum absolute atomic E-state index is 0.00694. The summed E-state index contributed by atoms with van der Waals surface area (Å²) in [4.78, 5) is 30.9. The maximum atomic E-state index is 13.6. The van der Waals surface area contributed by atoms with E-state index in [0.29, 0.717) is 43.9 Å². The smallest absolute Gasteiger partial charge is 0.239 e. The molecule has 0 aromatic heterocycles. The SMILES string of the molecule is NCCCC[C@H]1C(=O)N(CCc2ccc3ccccc3c2)CCN1CC(=O)c1ccc(Oc2ccccc2)cc1. The summed E-state index contributed by atoms with van der Waals surface area (Å²) in [5.41, 5.74) is 7.58. The molecule has 1 saturated heterocycles. The zero-order chi connectivity index (χ0) is 27.7. The summed E-state index contributed by atoms with van der Waals surface area (Å²) in [7, 11) is 0. The van der Waals surface area contributed by atoms with Crippen LogP contribution in [-0.2, 0) is 11.2 Å². The van der Waals surface area contributed by atoms with Crippen molar-refractivity contribution in [3.63, 3.8) is 0 Å². The highest BCUT2D eigenvalue weighted by atomic mass is 16.5. The number of Topliss-reactive ketones (excluding diaryl/α,β-unsaturated/α-hetero) is 1. The molecule has 0 aliphatic carbocycles. The van der Waals surface area contributed by atoms with Gasteiger partial charge in [-0.15, -0.1) is 0 Å². The minimum atomic E-state index is -0.304. The van der Waals surface area contributed by atoms with Crippen molar-refractivity contribution in [1.29, 1.82) is 0 Å². The Kier molecular flexibility index (Phi) is 9.22. The Morgan fingerprint density at radius 1 is 0.825 bits per heavy atom. The first kappa shape index (κ1) is 27.6. The molecular weight excluding hydrogens is 498 g/mol. The molecule has 0 radical (unpaired) electrons. The van der Waals surface area contributed by atoms with Gasteiger partial charge in [-0.2, -0.15) is 0 Å². The third kappa shape index (κ3) is 6.95. The molecule has 6 nitrogen and oxygen atoms in total. The summed E-state index contributed by atoms with van der Waals surface area (Å²) in [6.07, 6.45) is 3.25. The van der Waals surface area contributed by atoms with Crippen molar-refractivity contribution in [1.82, 2.24) is 9.80 Å². The third-order valence-corrected chi connectivity index (χ3v) is 7.61. The van der Waals surface area contributed by atoms with Crippen molar-refractivity contribution in [2.45, 2.75) is 31.7 Å². The number of rotatable bonds is 12. The molecular formula is C34H37N3O3. The lowest BCUT2D eigenvalue weighted by atomic mass is 10.0. The van der Waals surface area contributed by atoms with Crippen LogP contribution in [0.2, 0.25) is 0 Å². The van der Waals surface area contributed by atoms with Gasteiger partial charge in [0, 0.05) is 25.2 Å². The van der Waals surface area contributed by atoms with E-state index in [2.05, 4.69) is 41.3 Å². The van der Waals surface area contributed by atoms with Gasteiger partial charge >= 0.3 is 0 Å². The second-order valence-corrected chi connectivity index (χ2v) is 10.4. The standard InChI is InChI=1S/C34H37N3O3/c35-20-7-6-12-32-34(39)36(21-19-26-13-14-27-8-4-5-9-29(27)24-26)22-23-37(32)25-33(38)28-15-17-31(18-16-28)40-30-10-2-1-3-11-30/h1-5,8-11,13-18,24,32H,6-7,12,19-23,25,35H2/t32-/m0/s1. The van der Waals surface area contributed by atoms with Crippen LogP contribution in [0.1, 0.15) is 35.2 Å². The molecule has 1 amide bonds. The zero-order valence-corrected chi connectivity index (χ0v) is 22.9. The molecule has 6 heteroatoms. The van der Waals surface area contributed by atoms with E-state index in [1.165, 1.54) is 16.3 Å². The summed E-state index contributed by atoms with van der Waals surface area (Å²) >= 11 is 0. The van der Waals surface area contributed by atoms with Gasteiger partial charge in [-0.3, -0.25) is 14.5 Å². The largest absolute Gasteiger partial charge is 0.457 e. The maximum Gasteiger partial charge on any atom is 0.239 e. The number of fused-ring (bicyclic) bond motifs is 1. The topological polar surface area (TPSA) is 75.9 Å². The van der Waals surface area contributed by atoms with Gasteiger partial charge in [0.25, 0.3) is 0 Å². The van der Waals surface area contributed by atoms with Crippen LogP contribution in [-0.4, -0.2) is 60.3 Å². The molecule has 0 bridgehead atoms. The number of nitrogens with two attached hydrogens (primary N) is 1. The van der Waals surface area contributed by atoms with Gasteiger partial charge in [0.15, 0.2) is 5.78 Å². The number of ether oxygens (including phenoxy) is 1. The van der Waals surface area contributed by atoms with Gasteiger partial charge in [0.1, 0.15) is 11.5 Å². The average Bonchev–Trinajstić information content (AvgIpc) is 2.99. The number of piperazine rings is 1. The predicted molar refractivity (Wildman–Crippen MR) is 160 cm³/mol. The number of nitrogens with zero attached hydrogens (tertiary/aromatic N) is 2. The van der Waals surface area contributed by atoms with Crippen molar-refractivity contribution in [2.75, 3.05) is 32.7 Å². The Morgan fingerprint density at radius 2 is 1.55 bits per heavy atom. The lowest BCUT2D eigenvalue weighted by molar-refractivity contribution is -0.141. The van der Waals surface area contributed by atoms with Crippen LogP contribution in [0.5, 0.6) is 11.5 Å². The molecule has 4 aromatic rings. The number of amides is 1. The zero-order valence-electron chi connectivity index (χ0n) is 22.9. The number of hydrogen-bond donors (Lipinski definition) is 1. The van der Waals surface area contributed by atoms with Crippen molar-refractivity contribution in [2.24, 2.45) is 5.73 Å². The monoisotopic (exact) mass is 535 g/mol. The quantitative estimate of drug-likeness (QED) is 0.186. The molecule has 1 heterocycles. The first-order chi connectivity index (χ1) is 19.6. The molecule has 1 aliphatic heterocycles. The van der Waals surface area contributed by atoms with Crippen molar-refractivity contribution in [3.8, 4) is 11.5 Å². The van der Waals surface area contributed by atoms with Gasteiger partial charge in [-0.05, 0) is 78.5 Å². The van der Waals surface area contributed by atoms with Crippen LogP contribution in [0.3, 0.4) is 0 Å². The molecule has 1 aliphatic rings. The van der Waals surface area contributed by atoms with Crippen LogP contribution in [0.15, 0.2) is 97.1 Å². The van der Waals surface area contributed by atoms with E-state index in [1.807, 2.05) is 53.4 Å². The lowest BCUT2D eigenvalue weighted by Gasteiger charge is -2.40. The summed E-state index contributed by atoms with van der Waals surface area (Å²) in [6.45, 7) is 2.79. The molecule has 0 spiro atoms. The second-order valence-electron chi connectivity index (χ2n) is 10.4. The highest BCUT2D eigenvalue weighted by Gasteiger charge is 2.35. The molecule has 206 valence electrons. The Bertz CT molecular complexity index is 1420. The summed E-state index contributed by atoms with van der Waals surface area (Å²) in [5, 5.41) is 2.44. The number of carbonyl (C=O) groups excluding carboxylic acids is 2. The van der Waals surface area contributed by atoms with Crippen molar-refractivity contribution < 1.29 is 14.3 Å². The highest BCUT2D eigenvalue weighted by Crippen LogP contribution is 2.23. The number of ketones is 1. The van der Waals surface area contributed by atoms with Crippen molar-refractivity contribution >= 4 is 22.5 Å². The molecule has 5 rings (SSSR count). The number of benzene rings is 4. The Morgan fingerprint density at radius 3 is 2.33 bits per heavy atom. The predicted octanol–water partition coefficient (Wildman–Crippen LogP) is 5.70. The highest BCUT2D eigenvalue weighted by molar-refractivity contribution is 5.98. The Balaban J connectivity index is 1.21. The van der Waals surface area contributed by atoms with Crippen molar-refractivity contribution in [3.05, 3.63) is 108 Å². The summed E-state index contributed by atoms with van der Waals surface area (Å²) < 4.78 is 5.85. The van der Waals surface area contributed by atoms with E-state index >= 15 is 0 Å². The number of carbonyl (C=O) groups is 2. The molecule has 40 heavy (non-hydrogen) atoms. The van der Waals surface area contributed by atoms with Gasteiger partial charge in [0.2, 0.25) is 5.91 Å². The molecule has 1 fully saturated rings. The van der Waals surface area contributed by atoms with E-state index in [4.69, 9.17) is 10.5 Å². The van der Waals surface area contributed by atoms with Crippen LogP contribution in [0.25, 0.3) is 10.8 Å². The fraction of sp³-hybridized carbons (Fsp3) is 0.294. The lowest BCUT2D eigenvalue weighted by Crippen LogP contribution is -2.58. The minimum Gasteiger partial charge on any atom is -0.457 e. The number of hydrogen-bond acceptors (Lipinski definition) is 5. The molecule has 0 unspecified atom stereocenters. The van der Waals surface area contributed by atoms with E-state index < -0.39 is 0 Å². The fourth-order valence-corrected chi connectivity index (χ4v) is 5.35. The molecule has 2 N–H and O–H groups in total. The van der Waals surface area contributed by atoms with Gasteiger partial charge in [-0.1, -0.05) is 67.1 Å². The first-order valence-electron chi connectivity index (χ1n) is 14.2. The van der Waals surface area contributed by atoms with Crippen LogP contribution < -0.4 is 10.5 Å². The number of para-hydroxylation sites is 1. The van der Waals surface area contributed by atoms with Gasteiger partial charge < -0.3 is 15.4 Å². The van der Waals surface area contributed by atoms with E-state index in [1.54, 1.807) is 12.1 Å². The number of unbranched alkanes of at least 4 members (excludes halogenated alkanes) is 1. The Hall–Kier alpha value is -4.00. The summed E-state index contributed by atoms with van der Waals surface area (Å²) in [6, 6.07) is 31.3. The van der Waals surface area contributed by atoms with E-state index in [-0.39, 0.29) is 24.3 Å². The second kappa shape index (κ2) is 13.4. The summed E-state index contributed by atoms with van der Waals surface area (Å²) in [5.74, 6) is 1.55. The van der Waals surface area contributed by atoms with E-state index in [9.17, 15) is 9.59 Å². The first-order valence-corrected chi connectivity index (χ1v) is 14.2. The normalized spacial score (nSPS) is 15.9.